The summed E-state index contributed by atoms with van der Waals surface area (Å²) in [5, 5.41) is 15.5. The van der Waals surface area contributed by atoms with Gasteiger partial charge in [0.1, 0.15) is 6.54 Å². The number of halogens is 3. The number of alkyl halides is 3. The van der Waals surface area contributed by atoms with Gasteiger partial charge in [0.05, 0.1) is 33.0 Å². The summed E-state index contributed by atoms with van der Waals surface area (Å²) in [5.74, 6) is -2.07. The Bertz CT molecular complexity index is 1220. The zero-order valence-corrected chi connectivity index (χ0v) is 19.6. The maximum absolute atomic E-state index is 13.2. The van der Waals surface area contributed by atoms with E-state index in [1.165, 1.54) is 21.3 Å². The molecule has 2 aromatic rings. The molecular formula is C24H23F3N2O7. The van der Waals surface area contributed by atoms with Crippen LogP contribution in [-0.4, -0.2) is 69.2 Å². The van der Waals surface area contributed by atoms with Gasteiger partial charge in [0, 0.05) is 23.9 Å². The van der Waals surface area contributed by atoms with Gasteiger partial charge < -0.3 is 28.8 Å². The molecule has 2 aromatic carbocycles. The molecule has 192 valence electrons. The molecule has 2 aliphatic heterocycles. The van der Waals surface area contributed by atoms with Gasteiger partial charge in [-0.25, -0.2) is 0 Å². The normalized spacial score (nSPS) is 22.0. The topological polar surface area (TPSA) is 99.1 Å². The number of benzene rings is 2. The van der Waals surface area contributed by atoms with E-state index in [0.29, 0.717) is 45.4 Å². The Labute approximate surface area is 203 Å². The van der Waals surface area contributed by atoms with Crippen LogP contribution in [0, 0.1) is 11.8 Å². The number of aliphatic carboxylic acids is 1. The van der Waals surface area contributed by atoms with Crippen LogP contribution in [0.4, 0.5) is 13.2 Å². The van der Waals surface area contributed by atoms with Gasteiger partial charge in [0.25, 0.3) is 0 Å². The third-order valence-electron chi connectivity index (χ3n) is 6.65. The molecule has 3 aliphatic rings. The first-order valence-corrected chi connectivity index (χ1v) is 11.0. The number of hydrazone groups is 1. The van der Waals surface area contributed by atoms with Crippen molar-refractivity contribution in [2.24, 2.45) is 16.9 Å². The predicted molar refractivity (Wildman–Crippen MR) is 119 cm³/mol. The highest BCUT2D eigenvalue weighted by Crippen LogP contribution is 2.52. The lowest BCUT2D eigenvalue weighted by Crippen LogP contribution is -2.41. The van der Waals surface area contributed by atoms with Crippen molar-refractivity contribution in [2.45, 2.75) is 12.1 Å². The largest absolute Gasteiger partial charge is 0.493 e. The molecule has 3 atom stereocenters. The fourth-order valence-corrected chi connectivity index (χ4v) is 5.27. The molecule has 0 saturated carbocycles. The average Bonchev–Trinajstić information content (AvgIpc) is 3.45. The molecule has 2 heterocycles. The number of carboxylic acid groups (broad SMARTS) is 1. The van der Waals surface area contributed by atoms with E-state index in [9.17, 15) is 23.1 Å². The maximum Gasteiger partial charge on any atom is 0.407 e. The number of carbonyl (C=O) groups is 1. The van der Waals surface area contributed by atoms with E-state index in [4.69, 9.17) is 23.7 Å². The molecule has 0 spiro atoms. The van der Waals surface area contributed by atoms with Crippen LogP contribution in [0.3, 0.4) is 0 Å². The second-order valence-electron chi connectivity index (χ2n) is 8.65. The highest BCUT2D eigenvalue weighted by Gasteiger charge is 2.50. The molecule has 0 unspecified atom stereocenters. The van der Waals surface area contributed by atoms with Crippen molar-refractivity contribution in [2.75, 3.05) is 41.2 Å². The van der Waals surface area contributed by atoms with Gasteiger partial charge in [-0.3, -0.25) is 9.80 Å². The van der Waals surface area contributed by atoms with Gasteiger partial charge in [0.15, 0.2) is 23.0 Å². The number of rotatable bonds is 6. The number of fused-ring (bicyclic) bond motifs is 4. The van der Waals surface area contributed by atoms with E-state index >= 15 is 0 Å². The molecule has 0 fully saturated rings. The van der Waals surface area contributed by atoms with E-state index in [1.807, 2.05) is 0 Å². The molecule has 5 rings (SSSR count). The highest BCUT2D eigenvalue weighted by atomic mass is 19.4. The van der Waals surface area contributed by atoms with Crippen LogP contribution in [0.1, 0.15) is 22.6 Å². The first-order chi connectivity index (χ1) is 17.1. The number of ether oxygens (including phenoxy) is 5. The Balaban J connectivity index is 1.72. The van der Waals surface area contributed by atoms with E-state index in [0.717, 1.165) is 5.01 Å². The number of nitrogens with zero attached hydrogens (tertiary/aromatic N) is 2. The molecule has 0 radical (unpaired) electrons. The summed E-state index contributed by atoms with van der Waals surface area (Å²) >= 11 is 0. The molecule has 0 bridgehead atoms. The fourth-order valence-electron chi connectivity index (χ4n) is 5.27. The minimum Gasteiger partial charge on any atom is -0.493 e. The number of hydrogen-bond donors (Lipinski definition) is 1. The van der Waals surface area contributed by atoms with Crippen LogP contribution in [-0.2, 0) is 4.79 Å². The quantitative estimate of drug-likeness (QED) is 0.634. The number of carboxylic acids is 1. The summed E-state index contributed by atoms with van der Waals surface area (Å²) in [7, 11) is 4.34. The lowest BCUT2D eigenvalue weighted by molar-refractivity contribution is -0.147. The SMILES string of the molecule is COc1cc([C@@H]2c3cc4c(cc3C3=NN(CC(F)(F)F)C[C@H]3[C@@H]2C(=O)O)OCO4)cc(OC)c1OC. The smallest absolute Gasteiger partial charge is 0.407 e. The summed E-state index contributed by atoms with van der Waals surface area (Å²) in [6.45, 7) is -1.50. The Hall–Kier alpha value is -3.83. The van der Waals surface area contributed by atoms with Crippen molar-refractivity contribution in [1.29, 1.82) is 0 Å². The van der Waals surface area contributed by atoms with Crippen molar-refractivity contribution >= 4 is 11.7 Å². The molecule has 0 amide bonds. The Morgan fingerprint density at radius 2 is 1.72 bits per heavy atom. The van der Waals surface area contributed by atoms with Crippen LogP contribution >= 0.6 is 0 Å². The predicted octanol–water partition coefficient (Wildman–Crippen LogP) is 3.49. The summed E-state index contributed by atoms with van der Waals surface area (Å²) in [4.78, 5) is 12.7. The average molecular weight is 508 g/mol. The molecule has 0 aromatic heterocycles. The third kappa shape index (κ3) is 3.90. The van der Waals surface area contributed by atoms with Gasteiger partial charge in [-0.05, 0) is 35.4 Å². The Morgan fingerprint density at radius 1 is 1.08 bits per heavy atom. The zero-order valence-electron chi connectivity index (χ0n) is 19.6. The van der Waals surface area contributed by atoms with E-state index in [-0.39, 0.29) is 19.0 Å². The molecule has 36 heavy (non-hydrogen) atoms. The van der Waals surface area contributed by atoms with Crippen molar-refractivity contribution in [3.8, 4) is 28.7 Å². The van der Waals surface area contributed by atoms with E-state index in [2.05, 4.69) is 5.10 Å². The second-order valence-corrected chi connectivity index (χ2v) is 8.65. The van der Waals surface area contributed by atoms with Crippen molar-refractivity contribution in [3.05, 3.63) is 41.0 Å². The van der Waals surface area contributed by atoms with Gasteiger partial charge in [0.2, 0.25) is 12.5 Å². The first-order valence-electron chi connectivity index (χ1n) is 11.0. The Kier molecular flexibility index (Phi) is 5.76. The fraction of sp³-hybridized carbons (Fsp3) is 0.417. The monoisotopic (exact) mass is 508 g/mol. The Morgan fingerprint density at radius 3 is 2.28 bits per heavy atom. The lowest BCUT2D eigenvalue weighted by Gasteiger charge is -2.36. The molecule has 0 saturated heterocycles. The summed E-state index contributed by atoms with van der Waals surface area (Å²) < 4.78 is 66.9. The number of hydrogen-bond acceptors (Lipinski definition) is 8. The molecule has 1 aliphatic carbocycles. The minimum absolute atomic E-state index is 0.0223. The van der Waals surface area contributed by atoms with Gasteiger partial charge in [-0.2, -0.15) is 18.3 Å². The van der Waals surface area contributed by atoms with Crippen molar-refractivity contribution in [3.63, 3.8) is 0 Å². The van der Waals surface area contributed by atoms with E-state index < -0.39 is 36.4 Å². The number of methoxy groups -OCH3 is 3. The molecule has 12 heteroatoms. The molecule has 9 nitrogen and oxygen atoms in total. The van der Waals surface area contributed by atoms with Crippen LogP contribution in [0.2, 0.25) is 0 Å². The van der Waals surface area contributed by atoms with Gasteiger partial charge >= 0.3 is 12.1 Å². The summed E-state index contributed by atoms with van der Waals surface area (Å²) in [5.41, 5.74) is 1.88. The minimum atomic E-state index is -4.50. The van der Waals surface area contributed by atoms with Crippen molar-refractivity contribution in [1.82, 2.24) is 5.01 Å². The molecule has 1 N–H and O–H groups in total. The second kappa shape index (κ2) is 8.68. The summed E-state index contributed by atoms with van der Waals surface area (Å²) in [6, 6.07) is 6.64. The van der Waals surface area contributed by atoms with E-state index in [1.54, 1.807) is 24.3 Å². The maximum atomic E-state index is 13.2. The third-order valence-corrected chi connectivity index (χ3v) is 6.65. The summed E-state index contributed by atoms with van der Waals surface area (Å²) in [6.07, 6.45) is -4.50. The first kappa shape index (κ1) is 23.9. The standard InChI is InChI=1S/C24H23F3N2O7/c1-32-17-4-11(5-18(33-2)22(17)34-3)19-12-6-15-16(36-10-35-15)7-13(12)21-14(20(19)23(30)31)8-29(28-21)9-24(25,26)27/h4-7,14,19-20H,8-10H2,1-3H3,(H,30,31)/t14-,19+,20-/m0/s1. The van der Waals surface area contributed by atoms with Crippen LogP contribution in [0.25, 0.3) is 0 Å². The zero-order chi connectivity index (χ0) is 25.8. The highest BCUT2D eigenvalue weighted by molar-refractivity contribution is 6.08. The van der Waals surface area contributed by atoms with Crippen LogP contribution < -0.4 is 23.7 Å². The van der Waals surface area contributed by atoms with Gasteiger partial charge in [-0.1, -0.05) is 0 Å². The lowest BCUT2D eigenvalue weighted by atomic mass is 9.65. The molecular weight excluding hydrogens is 485 g/mol. The van der Waals surface area contributed by atoms with Crippen molar-refractivity contribution < 1.29 is 46.8 Å². The van der Waals surface area contributed by atoms with Crippen LogP contribution in [0.15, 0.2) is 29.4 Å². The van der Waals surface area contributed by atoms with Gasteiger partial charge in [-0.15, -0.1) is 0 Å². The van der Waals surface area contributed by atoms with Crippen LogP contribution in [0.5, 0.6) is 28.7 Å².